The second-order valence-electron chi connectivity index (χ2n) is 18.3. The number of H-pyrrole nitrogens is 1. The highest BCUT2D eigenvalue weighted by Crippen LogP contribution is 2.36. The van der Waals surface area contributed by atoms with Crippen molar-refractivity contribution >= 4 is 52.2 Å². The first-order chi connectivity index (χ1) is 32.7. The normalized spacial score (nSPS) is 17.0. The van der Waals surface area contributed by atoms with Crippen molar-refractivity contribution in [3.8, 4) is 21.6 Å². The number of hydrogen-bond acceptors (Lipinski definition) is 11. The number of likely N-dealkylation sites (N-methyl/N-ethyl adjacent to an activating group) is 1. The van der Waals surface area contributed by atoms with Crippen molar-refractivity contribution in [1.82, 2.24) is 35.7 Å². The Labute approximate surface area is 400 Å². The zero-order valence-electron chi connectivity index (χ0n) is 38.7. The van der Waals surface area contributed by atoms with E-state index in [2.05, 4.69) is 36.1 Å². The number of carbonyl (C=O) groups is 5. The number of hydrogen-bond donors (Lipinski definition) is 6. The third kappa shape index (κ3) is 12.0. The summed E-state index contributed by atoms with van der Waals surface area (Å²) in [6.07, 6.45) is -5.20. The standard InChI is InChI=1S/C49H54F3N9O7S/c1-28-42(69-27-56-28)30-11-9-29(10-12-30)23-54-46(67)39-21-34(62)26-61(39)47(68)43(48(2,3)4)58-41(64)25-55-44(65)33-8-6-7-31(19-33)32-13-14-38(60-17-15-59(5)16-18-60)37(20-32)57-45(66)35-24-53-40(63)22-36(35)49(50,51)52/h6-14,19-20,22,24,27,34,39,43,62H,15-18,21,23,25-26H2,1-5H3,(H,53,63)(H,54,67)(H,55,65)(H,57,66)(H,58,64)/t34-,39+,43-/m1/s1. The van der Waals surface area contributed by atoms with Gasteiger partial charge in [0.1, 0.15) is 12.1 Å². The second kappa shape index (κ2) is 20.8. The fourth-order valence-electron chi connectivity index (χ4n) is 8.32. The van der Waals surface area contributed by atoms with Crippen LogP contribution in [0.3, 0.4) is 0 Å². The number of pyridine rings is 1. The van der Waals surface area contributed by atoms with E-state index in [9.17, 15) is 47.0 Å². The first-order valence-corrected chi connectivity index (χ1v) is 23.2. The molecule has 0 radical (unpaired) electrons. The highest BCUT2D eigenvalue weighted by atomic mass is 32.1. The van der Waals surface area contributed by atoms with Crippen LogP contribution < -0.4 is 31.7 Å². The van der Waals surface area contributed by atoms with Gasteiger partial charge in [-0.15, -0.1) is 11.3 Å². The molecule has 364 valence electrons. The Bertz CT molecular complexity index is 2780. The summed E-state index contributed by atoms with van der Waals surface area (Å²) in [6, 6.07) is 17.4. The number of carbonyl (C=O) groups excluding carboxylic acids is 5. The molecule has 2 aliphatic rings. The molecular formula is C49H54F3N9O7S. The zero-order chi connectivity index (χ0) is 49.8. The van der Waals surface area contributed by atoms with E-state index in [1.807, 2.05) is 43.1 Å². The van der Waals surface area contributed by atoms with Gasteiger partial charge in [-0.1, -0.05) is 63.2 Å². The highest BCUT2D eigenvalue weighted by molar-refractivity contribution is 7.13. The van der Waals surface area contributed by atoms with Crippen molar-refractivity contribution < 1.29 is 42.3 Å². The van der Waals surface area contributed by atoms with Gasteiger partial charge in [0.15, 0.2) is 0 Å². The molecule has 20 heteroatoms. The van der Waals surface area contributed by atoms with E-state index in [-0.39, 0.29) is 30.8 Å². The summed E-state index contributed by atoms with van der Waals surface area (Å²) in [7, 11) is 1.96. The topological polar surface area (TPSA) is 209 Å². The molecule has 5 aromatic rings. The highest BCUT2D eigenvalue weighted by Gasteiger charge is 2.44. The minimum atomic E-state index is -4.98. The summed E-state index contributed by atoms with van der Waals surface area (Å²) in [5.41, 5.74) is 2.48. The number of aromatic amines is 1. The van der Waals surface area contributed by atoms with Gasteiger partial charge in [-0.05, 0) is 65.9 Å². The molecule has 6 N–H and O–H groups in total. The molecule has 2 aliphatic heterocycles. The average Bonchev–Trinajstić information content (AvgIpc) is 3.93. The summed E-state index contributed by atoms with van der Waals surface area (Å²) >= 11 is 1.54. The molecule has 2 fully saturated rings. The first-order valence-electron chi connectivity index (χ1n) is 22.3. The van der Waals surface area contributed by atoms with Crippen LogP contribution in [0.5, 0.6) is 0 Å². The summed E-state index contributed by atoms with van der Waals surface area (Å²) in [6.45, 7) is 9.28. The third-order valence-electron chi connectivity index (χ3n) is 12.1. The van der Waals surface area contributed by atoms with Crippen LogP contribution in [0.1, 0.15) is 64.7 Å². The van der Waals surface area contributed by atoms with Gasteiger partial charge >= 0.3 is 6.18 Å². The molecule has 3 aromatic carbocycles. The number of anilines is 2. The fraction of sp³-hybridized carbons (Fsp3) is 0.367. The third-order valence-corrected chi connectivity index (χ3v) is 13.1. The number of rotatable bonds is 13. The predicted molar refractivity (Wildman–Crippen MR) is 256 cm³/mol. The van der Waals surface area contributed by atoms with Crippen molar-refractivity contribution in [2.75, 3.05) is 56.5 Å². The van der Waals surface area contributed by atoms with Gasteiger partial charge in [-0.25, -0.2) is 4.98 Å². The Hall–Kier alpha value is -6.90. The number of nitrogens with one attached hydrogen (secondary N) is 5. The van der Waals surface area contributed by atoms with Crippen LogP contribution in [0, 0.1) is 12.3 Å². The molecule has 0 bridgehead atoms. The summed E-state index contributed by atoms with van der Waals surface area (Å²) in [5, 5.41) is 21.5. The van der Waals surface area contributed by atoms with Crippen LogP contribution in [0.4, 0.5) is 24.5 Å². The number of likely N-dealkylation sites (tertiary alicyclic amines) is 1. The van der Waals surface area contributed by atoms with E-state index in [4.69, 9.17) is 0 Å². The Balaban J connectivity index is 1.01. The van der Waals surface area contributed by atoms with Crippen LogP contribution in [0.25, 0.3) is 21.6 Å². The molecule has 2 aromatic heterocycles. The molecule has 7 rings (SSSR count). The molecule has 69 heavy (non-hydrogen) atoms. The maximum Gasteiger partial charge on any atom is 0.417 e. The number of alkyl halides is 3. The molecule has 0 spiro atoms. The quantitative estimate of drug-likeness (QED) is 0.0927. The van der Waals surface area contributed by atoms with Crippen LogP contribution in [-0.2, 0) is 27.1 Å². The number of aryl methyl sites for hydroxylation is 1. The molecular weight excluding hydrogens is 916 g/mol. The Morgan fingerprint density at radius 2 is 1.59 bits per heavy atom. The lowest BCUT2D eigenvalue weighted by Gasteiger charge is -2.35. The number of aliphatic hydroxyl groups excluding tert-OH is 1. The molecule has 2 saturated heterocycles. The number of halogens is 3. The SMILES string of the molecule is Cc1ncsc1-c1ccc(CNC(=O)[C@@H]2C[C@@H](O)CN2C(=O)[C@@H](NC(=O)CNC(=O)c2cccc(-c3ccc(N4CCN(C)CC4)c(NC(=O)c4c[nH]c(=O)cc4C(F)(F)F)c3)c2)C(C)(C)C)cc1. The maximum absolute atomic E-state index is 14.2. The van der Waals surface area contributed by atoms with Crippen LogP contribution in [0.2, 0.25) is 0 Å². The van der Waals surface area contributed by atoms with E-state index >= 15 is 0 Å². The second-order valence-corrected chi connectivity index (χ2v) is 19.2. The van der Waals surface area contributed by atoms with Crippen molar-refractivity contribution in [3.05, 3.63) is 123 Å². The number of amides is 5. The van der Waals surface area contributed by atoms with E-state index in [0.717, 1.165) is 27.9 Å². The lowest BCUT2D eigenvalue weighted by atomic mass is 9.85. The first kappa shape index (κ1) is 50.0. The number of β-amino-alcohol motifs (C(OH)–C–C–N with tert-alkyl or cyclic N) is 1. The van der Waals surface area contributed by atoms with E-state index in [1.54, 1.807) is 62.7 Å². The number of aliphatic hydroxyl groups is 1. The fourth-order valence-corrected chi connectivity index (χ4v) is 9.13. The number of thiazole rings is 1. The van der Waals surface area contributed by atoms with Crippen LogP contribution >= 0.6 is 11.3 Å². The van der Waals surface area contributed by atoms with Crippen LogP contribution in [-0.4, -0.2) is 119 Å². The van der Waals surface area contributed by atoms with E-state index in [1.165, 1.54) is 22.3 Å². The largest absolute Gasteiger partial charge is 0.417 e. The molecule has 0 aliphatic carbocycles. The summed E-state index contributed by atoms with van der Waals surface area (Å²) < 4.78 is 41.8. The number of aromatic nitrogens is 2. The molecule has 0 saturated carbocycles. The minimum Gasteiger partial charge on any atom is -0.391 e. The lowest BCUT2D eigenvalue weighted by molar-refractivity contribution is -0.143. The van der Waals surface area contributed by atoms with Gasteiger partial charge in [-0.3, -0.25) is 28.8 Å². The minimum absolute atomic E-state index is 0.0109. The molecule has 0 unspecified atom stereocenters. The van der Waals surface area contributed by atoms with Crippen LogP contribution in [0.15, 0.2) is 89.3 Å². The van der Waals surface area contributed by atoms with Gasteiger partial charge in [0.05, 0.1) is 51.2 Å². The number of benzene rings is 3. The monoisotopic (exact) mass is 969 g/mol. The average molecular weight is 970 g/mol. The van der Waals surface area contributed by atoms with Gasteiger partial charge in [0.25, 0.3) is 11.8 Å². The van der Waals surface area contributed by atoms with Gasteiger partial charge in [0.2, 0.25) is 23.3 Å². The zero-order valence-corrected chi connectivity index (χ0v) is 39.5. The molecule has 16 nitrogen and oxygen atoms in total. The smallest absolute Gasteiger partial charge is 0.391 e. The Morgan fingerprint density at radius 3 is 2.26 bits per heavy atom. The lowest BCUT2D eigenvalue weighted by Crippen LogP contribution is -2.58. The summed E-state index contributed by atoms with van der Waals surface area (Å²) in [5.74, 6) is -3.41. The Kier molecular flexibility index (Phi) is 15.0. The van der Waals surface area contributed by atoms with Crippen molar-refractivity contribution in [3.63, 3.8) is 0 Å². The number of nitrogens with zero attached hydrogens (tertiary/aromatic N) is 4. The van der Waals surface area contributed by atoms with E-state index in [0.29, 0.717) is 49.1 Å². The summed E-state index contributed by atoms with van der Waals surface area (Å²) in [4.78, 5) is 92.9. The predicted octanol–water partition coefficient (Wildman–Crippen LogP) is 5.04. The maximum atomic E-state index is 14.2. The van der Waals surface area contributed by atoms with Crippen molar-refractivity contribution in [1.29, 1.82) is 0 Å². The van der Waals surface area contributed by atoms with Crippen molar-refractivity contribution in [2.24, 2.45) is 5.41 Å². The van der Waals surface area contributed by atoms with E-state index < -0.39 is 82.5 Å². The molecule has 4 heterocycles. The number of piperazine rings is 1. The van der Waals surface area contributed by atoms with Gasteiger partial charge in [-0.2, -0.15) is 13.2 Å². The van der Waals surface area contributed by atoms with Gasteiger partial charge < -0.3 is 46.1 Å². The molecule has 3 atom stereocenters. The van der Waals surface area contributed by atoms with Crippen molar-refractivity contribution in [2.45, 2.75) is 65.0 Å². The molecule has 5 amide bonds. The Morgan fingerprint density at radius 1 is 0.899 bits per heavy atom. The van der Waals surface area contributed by atoms with Gasteiger partial charge in [0, 0.05) is 63.5 Å².